The first-order valence-electron chi connectivity index (χ1n) is 8.87. The molecule has 2 heterocycles. The third-order valence-electron chi connectivity index (χ3n) is 4.23. The quantitative estimate of drug-likeness (QED) is 0.804. The molecule has 0 amide bonds. The minimum Gasteiger partial charge on any atom is -0.494 e. The summed E-state index contributed by atoms with van der Waals surface area (Å²) in [4.78, 5) is 6.46. The molecule has 1 saturated heterocycles. The van der Waals surface area contributed by atoms with Crippen LogP contribution in [0.2, 0.25) is 0 Å². The van der Waals surface area contributed by atoms with Crippen LogP contribution in [-0.4, -0.2) is 24.7 Å². The molecule has 3 rings (SSSR count). The van der Waals surface area contributed by atoms with Crippen LogP contribution < -0.4 is 9.64 Å². The summed E-state index contributed by atoms with van der Waals surface area (Å²) in [6.07, 6.45) is 8.45. The normalized spacial score (nSPS) is 15.1. The van der Waals surface area contributed by atoms with Crippen molar-refractivity contribution in [3.8, 4) is 11.8 Å². The van der Waals surface area contributed by atoms with E-state index >= 15 is 0 Å². The van der Waals surface area contributed by atoms with Crippen LogP contribution in [0.15, 0.2) is 28.7 Å². The fraction of sp³-hybridized carbons (Fsp3) is 0.400. The third kappa shape index (κ3) is 4.42. The van der Waals surface area contributed by atoms with Crippen molar-refractivity contribution < 1.29 is 9.15 Å². The fourth-order valence-corrected chi connectivity index (χ4v) is 2.97. The van der Waals surface area contributed by atoms with Gasteiger partial charge in [0.05, 0.1) is 6.61 Å². The first kappa shape index (κ1) is 17.1. The lowest BCUT2D eigenvalue weighted by molar-refractivity contribution is 0.340. The predicted molar refractivity (Wildman–Crippen MR) is 98.4 cm³/mol. The van der Waals surface area contributed by atoms with Crippen molar-refractivity contribution in [1.82, 2.24) is 4.98 Å². The van der Waals surface area contributed by atoms with Gasteiger partial charge in [-0.1, -0.05) is 25.0 Å². The van der Waals surface area contributed by atoms with Gasteiger partial charge in [0.15, 0.2) is 0 Å². The van der Waals surface area contributed by atoms with Crippen molar-refractivity contribution in [1.29, 1.82) is 5.26 Å². The standard InChI is InChI=1S/C20H23N3O2/c1-2-24-17-10-7-16(8-11-17)9-12-19-22-18(15-21)20(25-19)23-13-5-3-4-6-14-23/h7-12H,2-6,13-14H2,1H3/b12-9+. The zero-order chi connectivity index (χ0) is 17.5. The Balaban J connectivity index is 1.75. The highest BCUT2D eigenvalue weighted by Gasteiger charge is 2.19. The van der Waals surface area contributed by atoms with E-state index < -0.39 is 0 Å². The van der Waals surface area contributed by atoms with E-state index in [1.165, 1.54) is 12.8 Å². The molecule has 1 aliphatic rings. The largest absolute Gasteiger partial charge is 0.494 e. The van der Waals surface area contributed by atoms with E-state index in [4.69, 9.17) is 9.15 Å². The first-order chi connectivity index (χ1) is 12.3. The molecule has 0 atom stereocenters. The lowest BCUT2D eigenvalue weighted by Crippen LogP contribution is -2.24. The molecule has 0 bridgehead atoms. The maximum atomic E-state index is 9.36. The van der Waals surface area contributed by atoms with Crippen molar-refractivity contribution in [2.75, 3.05) is 24.6 Å². The summed E-state index contributed by atoms with van der Waals surface area (Å²) in [5, 5.41) is 9.36. The van der Waals surface area contributed by atoms with Crippen LogP contribution in [0.25, 0.3) is 12.2 Å². The number of oxazole rings is 1. The van der Waals surface area contributed by atoms with Crippen molar-refractivity contribution in [3.05, 3.63) is 41.4 Å². The maximum Gasteiger partial charge on any atom is 0.235 e. The van der Waals surface area contributed by atoms with Crippen LogP contribution in [0.5, 0.6) is 5.75 Å². The van der Waals surface area contributed by atoms with Gasteiger partial charge < -0.3 is 14.1 Å². The van der Waals surface area contributed by atoms with Gasteiger partial charge >= 0.3 is 0 Å². The minimum absolute atomic E-state index is 0.369. The summed E-state index contributed by atoms with van der Waals surface area (Å²) < 4.78 is 11.3. The number of aromatic nitrogens is 1. The third-order valence-corrected chi connectivity index (χ3v) is 4.23. The van der Waals surface area contributed by atoms with Crippen molar-refractivity contribution in [2.24, 2.45) is 0 Å². The summed E-state index contributed by atoms with van der Waals surface area (Å²) >= 11 is 0. The Morgan fingerprint density at radius 1 is 1.16 bits per heavy atom. The molecule has 1 fully saturated rings. The highest BCUT2D eigenvalue weighted by atomic mass is 16.5. The Morgan fingerprint density at radius 2 is 1.88 bits per heavy atom. The zero-order valence-electron chi connectivity index (χ0n) is 14.6. The van der Waals surface area contributed by atoms with Gasteiger partial charge in [0.1, 0.15) is 11.8 Å². The molecule has 0 aliphatic carbocycles. The molecule has 0 spiro atoms. The minimum atomic E-state index is 0.369. The van der Waals surface area contributed by atoms with Gasteiger partial charge in [0.2, 0.25) is 17.5 Å². The van der Waals surface area contributed by atoms with E-state index in [-0.39, 0.29) is 0 Å². The number of rotatable bonds is 5. The maximum absolute atomic E-state index is 9.36. The SMILES string of the molecule is CCOc1ccc(/C=C/c2nc(C#N)c(N3CCCCCC3)o2)cc1. The topological polar surface area (TPSA) is 62.3 Å². The summed E-state index contributed by atoms with van der Waals surface area (Å²) in [5.41, 5.74) is 1.39. The second-order valence-electron chi connectivity index (χ2n) is 6.05. The molecular weight excluding hydrogens is 314 g/mol. The molecule has 5 nitrogen and oxygen atoms in total. The number of hydrogen-bond acceptors (Lipinski definition) is 5. The van der Waals surface area contributed by atoms with Crippen LogP contribution in [-0.2, 0) is 0 Å². The van der Waals surface area contributed by atoms with Gasteiger partial charge in [-0.05, 0) is 43.5 Å². The van der Waals surface area contributed by atoms with E-state index in [0.717, 1.165) is 37.2 Å². The van der Waals surface area contributed by atoms with E-state index in [0.29, 0.717) is 24.1 Å². The van der Waals surface area contributed by atoms with Crippen LogP contribution in [0, 0.1) is 11.3 Å². The van der Waals surface area contributed by atoms with Gasteiger partial charge in [-0.3, -0.25) is 0 Å². The van der Waals surface area contributed by atoms with Gasteiger partial charge in [-0.2, -0.15) is 10.2 Å². The summed E-state index contributed by atoms with van der Waals surface area (Å²) in [5.74, 6) is 1.92. The first-order valence-corrected chi connectivity index (χ1v) is 8.87. The number of ether oxygens (including phenoxy) is 1. The van der Waals surface area contributed by atoms with Crippen molar-refractivity contribution >= 4 is 18.0 Å². The molecule has 0 unspecified atom stereocenters. The summed E-state index contributed by atoms with van der Waals surface area (Å²) in [6, 6.07) is 9.98. The molecule has 0 saturated carbocycles. The molecule has 0 radical (unpaired) electrons. The van der Waals surface area contributed by atoms with Crippen molar-refractivity contribution in [2.45, 2.75) is 32.6 Å². The Morgan fingerprint density at radius 3 is 2.52 bits per heavy atom. The van der Waals surface area contributed by atoms with Crippen LogP contribution in [0.3, 0.4) is 0 Å². The van der Waals surface area contributed by atoms with Crippen LogP contribution in [0.1, 0.15) is 49.8 Å². The molecular formula is C20H23N3O2. The second-order valence-corrected chi connectivity index (χ2v) is 6.05. The smallest absolute Gasteiger partial charge is 0.235 e. The van der Waals surface area contributed by atoms with E-state index in [2.05, 4.69) is 16.0 Å². The Kier molecular flexibility index (Phi) is 5.73. The van der Waals surface area contributed by atoms with E-state index in [1.54, 1.807) is 6.08 Å². The van der Waals surface area contributed by atoms with Gasteiger partial charge in [-0.15, -0.1) is 0 Å². The number of nitrogens with zero attached hydrogens (tertiary/aromatic N) is 3. The molecule has 1 aliphatic heterocycles. The zero-order valence-corrected chi connectivity index (χ0v) is 14.6. The molecule has 5 heteroatoms. The lowest BCUT2D eigenvalue weighted by atomic mass is 10.2. The summed E-state index contributed by atoms with van der Waals surface area (Å²) in [6.45, 7) is 4.46. The molecule has 2 aromatic rings. The van der Waals surface area contributed by atoms with Gasteiger partial charge in [0.25, 0.3) is 0 Å². The van der Waals surface area contributed by atoms with Gasteiger partial charge in [0, 0.05) is 19.2 Å². The fourth-order valence-electron chi connectivity index (χ4n) is 2.97. The number of benzene rings is 1. The number of nitriles is 1. The average molecular weight is 337 g/mol. The second kappa shape index (κ2) is 8.39. The molecule has 25 heavy (non-hydrogen) atoms. The number of anilines is 1. The highest BCUT2D eigenvalue weighted by molar-refractivity contribution is 5.67. The molecule has 130 valence electrons. The predicted octanol–water partition coefficient (Wildman–Crippen LogP) is 4.50. The molecule has 1 aromatic heterocycles. The van der Waals surface area contributed by atoms with E-state index in [9.17, 15) is 5.26 Å². The molecule has 1 aromatic carbocycles. The Hall–Kier alpha value is -2.74. The Bertz CT molecular complexity index is 748. The Labute approximate surface area is 148 Å². The van der Waals surface area contributed by atoms with Gasteiger partial charge in [-0.25, -0.2) is 0 Å². The van der Waals surface area contributed by atoms with Crippen LogP contribution >= 0.6 is 0 Å². The average Bonchev–Trinajstić information content (AvgIpc) is 2.86. The number of hydrogen-bond donors (Lipinski definition) is 0. The highest BCUT2D eigenvalue weighted by Crippen LogP contribution is 2.25. The monoisotopic (exact) mass is 337 g/mol. The van der Waals surface area contributed by atoms with E-state index in [1.807, 2.05) is 37.3 Å². The summed E-state index contributed by atoms with van der Waals surface area (Å²) in [7, 11) is 0. The van der Waals surface area contributed by atoms with Crippen molar-refractivity contribution in [3.63, 3.8) is 0 Å². The molecule has 0 N–H and O–H groups in total. The lowest BCUT2D eigenvalue weighted by Gasteiger charge is -2.18. The van der Waals surface area contributed by atoms with Crippen LogP contribution in [0.4, 0.5) is 5.88 Å².